The van der Waals surface area contributed by atoms with Gasteiger partial charge in [0.25, 0.3) is 0 Å². The molecule has 2 N–H and O–H groups in total. The molecule has 2 heterocycles. The Morgan fingerprint density at radius 1 is 1.62 bits per heavy atom. The maximum atomic E-state index is 4.05. The van der Waals surface area contributed by atoms with E-state index in [-0.39, 0.29) is 0 Å². The Hall–Kier alpha value is -0.850. The molecule has 86 valence electrons. The zero-order valence-electron chi connectivity index (χ0n) is 9.01. The summed E-state index contributed by atoms with van der Waals surface area (Å²) >= 11 is 3.47. The fourth-order valence-electron chi connectivity index (χ4n) is 1.33. The lowest BCUT2D eigenvalue weighted by Gasteiger charge is -2.10. The molecule has 1 atom stereocenters. The van der Waals surface area contributed by atoms with Gasteiger partial charge in [0.2, 0.25) is 0 Å². The first-order valence-corrected chi connectivity index (χ1v) is 6.98. The average molecular weight is 254 g/mol. The summed E-state index contributed by atoms with van der Waals surface area (Å²) in [5, 5.41) is 13.1. The molecule has 0 aliphatic rings. The molecule has 0 aromatic carbocycles. The minimum atomic E-state index is 0.426. The minimum absolute atomic E-state index is 0.426. The molecular weight excluding hydrogens is 240 g/mol. The number of hydrogen-bond donors (Lipinski definition) is 2. The molecule has 2 aromatic rings. The number of thiophene rings is 1. The molecule has 0 radical (unpaired) electrons. The summed E-state index contributed by atoms with van der Waals surface area (Å²) in [7, 11) is 0. The van der Waals surface area contributed by atoms with Crippen LogP contribution >= 0.6 is 23.1 Å². The van der Waals surface area contributed by atoms with Crippen LogP contribution in [0.1, 0.15) is 17.8 Å². The van der Waals surface area contributed by atoms with Gasteiger partial charge >= 0.3 is 0 Å². The maximum Gasteiger partial charge on any atom is 0.183 e. The summed E-state index contributed by atoms with van der Waals surface area (Å²) in [4.78, 5) is 5.43. The molecular formula is C10H14N4S2. The molecule has 1 unspecified atom stereocenters. The van der Waals surface area contributed by atoms with Crippen molar-refractivity contribution in [2.24, 2.45) is 0 Å². The molecule has 0 saturated heterocycles. The van der Waals surface area contributed by atoms with Crippen LogP contribution in [0.3, 0.4) is 0 Å². The Morgan fingerprint density at radius 3 is 3.25 bits per heavy atom. The highest BCUT2D eigenvalue weighted by atomic mass is 32.2. The first kappa shape index (κ1) is 11.6. The SMILES string of the molecule is CC(NCCSc1ncn[nH]1)c1cccs1. The first-order valence-electron chi connectivity index (χ1n) is 5.11. The average Bonchev–Trinajstić information content (AvgIpc) is 2.96. The van der Waals surface area contributed by atoms with Crippen LogP contribution in [-0.4, -0.2) is 27.5 Å². The zero-order chi connectivity index (χ0) is 11.2. The summed E-state index contributed by atoms with van der Waals surface area (Å²) < 4.78 is 0. The van der Waals surface area contributed by atoms with E-state index in [0.717, 1.165) is 17.5 Å². The van der Waals surface area contributed by atoms with Crippen molar-refractivity contribution in [3.8, 4) is 0 Å². The van der Waals surface area contributed by atoms with Gasteiger partial charge < -0.3 is 5.32 Å². The third-order valence-corrected chi connectivity index (χ3v) is 4.09. The van der Waals surface area contributed by atoms with E-state index in [4.69, 9.17) is 0 Å². The predicted molar refractivity (Wildman–Crippen MR) is 67.8 cm³/mol. The summed E-state index contributed by atoms with van der Waals surface area (Å²) in [5.74, 6) is 0.991. The van der Waals surface area contributed by atoms with Gasteiger partial charge in [-0.3, -0.25) is 5.10 Å². The summed E-state index contributed by atoms with van der Waals surface area (Å²) in [6.45, 7) is 3.15. The number of hydrogen-bond acceptors (Lipinski definition) is 5. The van der Waals surface area contributed by atoms with E-state index in [1.54, 1.807) is 23.1 Å². The van der Waals surface area contributed by atoms with Crippen molar-refractivity contribution in [1.29, 1.82) is 0 Å². The number of aromatic nitrogens is 3. The fraction of sp³-hybridized carbons (Fsp3) is 0.400. The molecule has 0 aliphatic carbocycles. The normalized spacial score (nSPS) is 12.8. The largest absolute Gasteiger partial charge is 0.309 e. The van der Waals surface area contributed by atoms with Crippen molar-refractivity contribution in [2.75, 3.05) is 12.3 Å². The van der Waals surface area contributed by atoms with Crippen LogP contribution < -0.4 is 5.32 Å². The van der Waals surface area contributed by atoms with Crippen LogP contribution in [0, 0.1) is 0 Å². The number of thioether (sulfide) groups is 1. The third-order valence-electron chi connectivity index (χ3n) is 2.15. The first-order chi connectivity index (χ1) is 7.86. The molecule has 0 spiro atoms. The topological polar surface area (TPSA) is 53.6 Å². The van der Waals surface area contributed by atoms with E-state index in [1.807, 2.05) is 0 Å². The van der Waals surface area contributed by atoms with Crippen LogP contribution in [0.2, 0.25) is 0 Å². The number of H-pyrrole nitrogens is 1. The van der Waals surface area contributed by atoms with Crippen molar-refractivity contribution in [2.45, 2.75) is 18.1 Å². The maximum absolute atomic E-state index is 4.05. The second kappa shape index (κ2) is 6.03. The van der Waals surface area contributed by atoms with Crippen LogP contribution in [0.5, 0.6) is 0 Å². The monoisotopic (exact) mass is 254 g/mol. The Labute approximate surface area is 103 Å². The highest BCUT2D eigenvalue weighted by Crippen LogP contribution is 2.18. The van der Waals surface area contributed by atoms with Gasteiger partial charge in [-0.05, 0) is 18.4 Å². The standard InChI is InChI=1S/C10H14N4S2/c1-8(9-3-2-5-15-9)11-4-6-16-10-12-7-13-14-10/h2-3,5,7-8,11H,4,6H2,1H3,(H,12,13,14). The number of nitrogens with zero attached hydrogens (tertiary/aromatic N) is 2. The van der Waals surface area contributed by atoms with Gasteiger partial charge in [0.05, 0.1) is 0 Å². The second-order valence-corrected chi connectivity index (χ2v) is 5.39. The van der Waals surface area contributed by atoms with Crippen LogP contribution in [0.4, 0.5) is 0 Å². The van der Waals surface area contributed by atoms with Crippen molar-refractivity contribution in [1.82, 2.24) is 20.5 Å². The zero-order valence-corrected chi connectivity index (χ0v) is 10.6. The molecule has 0 bridgehead atoms. The summed E-state index contributed by atoms with van der Waals surface area (Å²) in [6, 6.07) is 4.67. The Kier molecular flexibility index (Phi) is 4.38. The van der Waals surface area contributed by atoms with E-state index in [0.29, 0.717) is 6.04 Å². The van der Waals surface area contributed by atoms with Gasteiger partial charge in [-0.1, -0.05) is 17.8 Å². The molecule has 16 heavy (non-hydrogen) atoms. The molecule has 0 amide bonds. The van der Waals surface area contributed by atoms with E-state index < -0.39 is 0 Å². The highest BCUT2D eigenvalue weighted by molar-refractivity contribution is 7.99. The third kappa shape index (κ3) is 3.33. The van der Waals surface area contributed by atoms with E-state index >= 15 is 0 Å². The van der Waals surface area contributed by atoms with Crippen molar-refractivity contribution in [3.63, 3.8) is 0 Å². The Morgan fingerprint density at radius 2 is 2.56 bits per heavy atom. The summed E-state index contributed by atoms with van der Waals surface area (Å²) in [6.07, 6.45) is 1.53. The smallest absolute Gasteiger partial charge is 0.183 e. The number of aromatic amines is 1. The lowest BCUT2D eigenvalue weighted by molar-refractivity contribution is 0.610. The van der Waals surface area contributed by atoms with Crippen LogP contribution in [0.15, 0.2) is 29.0 Å². The lowest BCUT2D eigenvalue weighted by atomic mass is 10.3. The number of rotatable bonds is 6. The molecule has 0 fully saturated rings. The predicted octanol–water partition coefficient (Wildman–Crippen LogP) is 2.31. The van der Waals surface area contributed by atoms with Crippen molar-refractivity contribution >= 4 is 23.1 Å². The van der Waals surface area contributed by atoms with Gasteiger partial charge in [0.1, 0.15) is 6.33 Å². The quantitative estimate of drug-likeness (QED) is 0.613. The lowest BCUT2D eigenvalue weighted by Crippen LogP contribution is -2.20. The number of nitrogens with one attached hydrogen (secondary N) is 2. The molecule has 4 nitrogen and oxygen atoms in total. The van der Waals surface area contributed by atoms with Crippen LogP contribution in [-0.2, 0) is 0 Å². The molecule has 6 heteroatoms. The van der Waals surface area contributed by atoms with Gasteiger partial charge in [-0.25, -0.2) is 4.98 Å². The fourth-order valence-corrected chi connectivity index (χ4v) is 2.74. The molecule has 0 aliphatic heterocycles. The molecule has 0 saturated carbocycles. The Bertz CT molecular complexity index is 385. The van der Waals surface area contributed by atoms with Gasteiger partial charge in [-0.15, -0.1) is 11.3 Å². The van der Waals surface area contributed by atoms with E-state index in [1.165, 1.54) is 11.2 Å². The van der Waals surface area contributed by atoms with Gasteiger partial charge in [0, 0.05) is 23.2 Å². The van der Waals surface area contributed by atoms with Crippen molar-refractivity contribution in [3.05, 3.63) is 28.7 Å². The molecule has 2 aromatic heterocycles. The van der Waals surface area contributed by atoms with E-state index in [9.17, 15) is 0 Å². The second-order valence-electron chi connectivity index (χ2n) is 3.33. The summed E-state index contributed by atoms with van der Waals surface area (Å²) in [5.41, 5.74) is 0. The highest BCUT2D eigenvalue weighted by Gasteiger charge is 2.04. The van der Waals surface area contributed by atoms with Gasteiger partial charge in [0.15, 0.2) is 5.16 Å². The van der Waals surface area contributed by atoms with E-state index in [2.05, 4.69) is 44.9 Å². The molecule has 2 rings (SSSR count). The Balaban J connectivity index is 1.65. The minimum Gasteiger partial charge on any atom is -0.309 e. The van der Waals surface area contributed by atoms with Crippen molar-refractivity contribution < 1.29 is 0 Å². The van der Waals surface area contributed by atoms with Crippen LogP contribution in [0.25, 0.3) is 0 Å². The van der Waals surface area contributed by atoms with Gasteiger partial charge in [-0.2, -0.15) is 5.10 Å².